The third-order valence-corrected chi connectivity index (χ3v) is 1.40. The summed E-state index contributed by atoms with van der Waals surface area (Å²) in [7, 11) is 0. The topological polar surface area (TPSA) is 0 Å². The molecule has 0 saturated heterocycles. The number of halogens is 2. The second-order valence-corrected chi connectivity index (χ2v) is 2.61. The monoisotopic (exact) mass is 360 g/mol. The summed E-state index contributed by atoms with van der Waals surface area (Å²) in [5, 5.41) is 0. The van der Waals surface area contributed by atoms with Crippen molar-refractivity contribution in [1.82, 2.24) is 0 Å². The van der Waals surface area contributed by atoms with Gasteiger partial charge in [-0.2, -0.15) is 29.8 Å². The van der Waals surface area contributed by atoms with Gasteiger partial charge in [0.15, 0.2) is 0 Å². The van der Waals surface area contributed by atoms with Gasteiger partial charge in [-0.3, -0.25) is 0 Å². The van der Waals surface area contributed by atoms with Crippen LogP contribution in [0, 0.1) is 13.0 Å². The summed E-state index contributed by atoms with van der Waals surface area (Å²) < 4.78 is 1.12. The van der Waals surface area contributed by atoms with E-state index < -0.39 is 0 Å². The van der Waals surface area contributed by atoms with Crippen LogP contribution in [0.3, 0.4) is 0 Å². The summed E-state index contributed by atoms with van der Waals surface area (Å²) in [6, 6.07) is 8.94. The molecule has 0 nitrogen and oxygen atoms in total. The van der Waals surface area contributed by atoms with Gasteiger partial charge in [-0.25, -0.2) is 0 Å². The fourth-order valence-electron chi connectivity index (χ4n) is 0.549. The van der Waals surface area contributed by atoms with Crippen molar-refractivity contribution in [2.45, 2.75) is 6.92 Å². The van der Waals surface area contributed by atoms with Gasteiger partial charge in [0.25, 0.3) is 0 Å². The quantitative estimate of drug-likeness (QED) is 0.377. The Labute approximate surface area is 90.8 Å². The third-order valence-electron chi connectivity index (χ3n) is 0.908. The molecule has 0 atom stereocenters. The molecule has 1 aromatic rings. The molecule has 0 heterocycles. The minimum atomic E-state index is 1.12. The van der Waals surface area contributed by atoms with Crippen molar-refractivity contribution >= 4 is 35.7 Å². The predicted octanol–water partition coefficient (Wildman–Crippen LogP) is 3.44. The average molecular weight is 362 g/mol. The van der Waals surface area contributed by atoms with Gasteiger partial charge in [-0.15, -0.1) is 0 Å². The van der Waals surface area contributed by atoms with Gasteiger partial charge in [0.2, 0.25) is 0 Å². The van der Waals surface area contributed by atoms with Crippen LogP contribution in [0.15, 0.2) is 22.7 Å². The minimum absolute atomic E-state index is 1.12. The van der Waals surface area contributed by atoms with Crippen molar-refractivity contribution in [3.05, 3.63) is 34.3 Å². The summed E-state index contributed by atoms with van der Waals surface area (Å²) in [5.41, 5.74) is 1.17. The molecule has 0 aliphatic rings. The summed E-state index contributed by atoms with van der Waals surface area (Å²) in [6.45, 7) is 2.02. The van der Waals surface area contributed by atoms with Crippen molar-refractivity contribution in [3.63, 3.8) is 0 Å². The molecule has 0 radical (unpaired) electrons. The van der Waals surface area contributed by atoms with E-state index >= 15 is 0 Å². The molecule has 0 saturated carbocycles. The van der Waals surface area contributed by atoms with E-state index in [1.165, 1.54) is 20.4 Å². The SMILES string of the molecule is Cc1[c-]ccc(Br)c1.[Zn+][I]. The predicted molar refractivity (Wildman–Crippen MR) is 51.7 cm³/mol. The summed E-state index contributed by atoms with van der Waals surface area (Å²) in [5.74, 6) is 0. The van der Waals surface area contributed by atoms with Crippen LogP contribution in [0.2, 0.25) is 0 Å². The molecule has 0 aromatic heterocycles. The number of hydrogen-bond donors (Lipinski definition) is 0. The van der Waals surface area contributed by atoms with Crippen LogP contribution in [0.5, 0.6) is 0 Å². The Morgan fingerprint density at radius 3 is 2.50 bits per heavy atom. The maximum absolute atomic E-state index is 3.34. The van der Waals surface area contributed by atoms with E-state index in [0.29, 0.717) is 0 Å². The maximum atomic E-state index is 3.34. The first-order chi connectivity index (χ1) is 4.79. The number of rotatable bonds is 0. The Bertz CT molecular complexity index is 173. The molecule has 3 heteroatoms. The van der Waals surface area contributed by atoms with E-state index in [0.717, 1.165) is 4.47 Å². The first-order valence-corrected chi connectivity index (χ1v) is 12.5. The van der Waals surface area contributed by atoms with Gasteiger partial charge in [0, 0.05) is 0 Å². The average Bonchev–Trinajstić information content (AvgIpc) is 1.91. The molecule has 0 amide bonds. The molecule has 0 fully saturated rings. The molecule has 0 bridgehead atoms. The normalized spacial score (nSPS) is 8.10. The van der Waals surface area contributed by atoms with Crippen LogP contribution in [0.1, 0.15) is 5.56 Å². The molecular formula is C7H6BrIZn. The zero-order valence-electron chi connectivity index (χ0n) is 5.70. The van der Waals surface area contributed by atoms with E-state index in [2.05, 4.69) is 41.7 Å². The first kappa shape index (κ1) is 11.1. The van der Waals surface area contributed by atoms with Crippen LogP contribution >= 0.6 is 35.7 Å². The molecule has 0 spiro atoms. The van der Waals surface area contributed by atoms with Crippen LogP contribution < -0.4 is 0 Å². The van der Waals surface area contributed by atoms with Crippen LogP contribution in [-0.4, -0.2) is 0 Å². The number of benzene rings is 1. The fraction of sp³-hybridized carbons (Fsp3) is 0.143. The summed E-state index contributed by atoms with van der Waals surface area (Å²) in [6.07, 6.45) is 0. The van der Waals surface area contributed by atoms with Crippen LogP contribution in [-0.2, 0) is 14.8 Å². The Kier molecular flexibility index (Phi) is 7.45. The summed E-state index contributed by atoms with van der Waals surface area (Å²) in [4.78, 5) is 0. The number of hydrogen-bond acceptors (Lipinski definition) is 0. The molecule has 10 heavy (non-hydrogen) atoms. The molecule has 0 unspecified atom stereocenters. The van der Waals surface area contributed by atoms with Crippen molar-refractivity contribution in [1.29, 1.82) is 0 Å². The molecule has 0 N–H and O–H groups in total. The zero-order chi connectivity index (χ0) is 7.98. The fourth-order valence-corrected chi connectivity index (χ4v) is 1.02. The van der Waals surface area contributed by atoms with Gasteiger partial charge in [0.05, 0.1) is 0 Å². The molecule has 0 aliphatic carbocycles. The third kappa shape index (κ3) is 4.81. The summed E-state index contributed by atoms with van der Waals surface area (Å²) >= 11 is 6.96. The Balaban J connectivity index is 0.000000371. The van der Waals surface area contributed by atoms with Crippen molar-refractivity contribution < 1.29 is 14.8 Å². The van der Waals surface area contributed by atoms with E-state index in [4.69, 9.17) is 0 Å². The van der Waals surface area contributed by atoms with Gasteiger partial charge >= 0.3 is 34.5 Å². The van der Waals surface area contributed by atoms with Crippen molar-refractivity contribution in [2.75, 3.05) is 0 Å². The molecule has 1 rings (SSSR count). The Morgan fingerprint density at radius 1 is 1.60 bits per heavy atom. The van der Waals surface area contributed by atoms with E-state index in [1.54, 1.807) is 0 Å². The molecule has 0 aliphatic heterocycles. The Morgan fingerprint density at radius 2 is 2.20 bits per heavy atom. The zero-order valence-corrected chi connectivity index (χ0v) is 12.4. The number of aryl methyl sites for hydroxylation is 1. The van der Waals surface area contributed by atoms with Gasteiger partial charge in [-0.1, -0.05) is 27.3 Å². The van der Waals surface area contributed by atoms with Crippen LogP contribution in [0.4, 0.5) is 0 Å². The first-order valence-electron chi connectivity index (χ1n) is 2.69. The van der Waals surface area contributed by atoms with Gasteiger partial charge < -0.3 is 0 Å². The van der Waals surface area contributed by atoms with E-state index in [-0.39, 0.29) is 0 Å². The second kappa shape index (κ2) is 6.74. The standard InChI is InChI=1S/C7H6Br.HI.Zn/c1-6-3-2-4-7(8)5-6;;/h2,4-5H,1H3;1H;/q-1;;+2/p-1. The van der Waals surface area contributed by atoms with Crippen LogP contribution in [0.25, 0.3) is 0 Å². The van der Waals surface area contributed by atoms with E-state index in [1.807, 2.05) is 25.1 Å². The van der Waals surface area contributed by atoms with E-state index in [9.17, 15) is 0 Å². The Hall–Kier alpha value is 1.05. The van der Waals surface area contributed by atoms with Crippen molar-refractivity contribution in [3.8, 4) is 0 Å². The van der Waals surface area contributed by atoms with Gasteiger partial charge in [-0.05, 0) is 0 Å². The molecular weight excluding hydrogens is 356 g/mol. The molecule has 50 valence electrons. The molecule has 1 aromatic carbocycles. The van der Waals surface area contributed by atoms with Crippen molar-refractivity contribution in [2.24, 2.45) is 0 Å². The second-order valence-electron chi connectivity index (χ2n) is 1.69. The van der Waals surface area contributed by atoms with Gasteiger partial charge in [0.1, 0.15) is 0 Å².